The van der Waals surface area contributed by atoms with E-state index in [2.05, 4.69) is 54.2 Å². The summed E-state index contributed by atoms with van der Waals surface area (Å²) in [5.74, 6) is 0.195. The zero-order chi connectivity index (χ0) is 29.8. The zero-order valence-corrected chi connectivity index (χ0v) is 26.7. The summed E-state index contributed by atoms with van der Waals surface area (Å²) in [6, 6.07) is 6.25. The van der Waals surface area contributed by atoms with Crippen LogP contribution in [0.5, 0.6) is 0 Å². The maximum Gasteiger partial charge on any atom is 0.283 e. The van der Waals surface area contributed by atoms with Crippen LogP contribution in [0.25, 0.3) is 11.2 Å². The van der Waals surface area contributed by atoms with Gasteiger partial charge in [-0.05, 0) is 58.2 Å². The summed E-state index contributed by atoms with van der Waals surface area (Å²) in [6.07, 6.45) is 2.82. The fourth-order valence-electron chi connectivity index (χ4n) is 4.02. The smallest absolute Gasteiger partial charge is 0.283 e. The van der Waals surface area contributed by atoms with Crippen molar-refractivity contribution in [3.63, 3.8) is 0 Å². The van der Waals surface area contributed by atoms with Crippen molar-refractivity contribution in [3.05, 3.63) is 62.2 Å². The van der Waals surface area contributed by atoms with Gasteiger partial charge in [0.1, 0.15) is 6.10 Å². The molecule has 0 aliphatic carbocycles. The van der Waals surface area contributed by atoms with Gasteiger partial charge in [-0.25, -0.2) is 15.0 Å². The molecule has 3 rings (SSSR count). The number of benzene rings is 1. The molecule has 12 nitrogen and oxygen atoms in total. The van der Waals surface area contributed by atoms with Gasteiger partial charge in [0.05, 0.1) is 29.3 Å². The number of aliphatic imine (C=N–C) groups is 1. The van der Waals surface area contributed by atoms with Crippen molar-refractivity contribution in [3.8, 4) is 0 Å². The van der Waals surface area contributed by atoms with Gasteiger partial charge in [-0.3, -0.25) is 19.5 Å². The lowest BCUT2D eigenvalue weighted by molar-refractivity contribution is -0.384. The van der Waals surface area contributed by atoms with Crippen molar-refractivity contribution in [1.29, 1.82) is 0 Å². The molecular weight excluding hydrogens is 547 g/mol. The number of non-ortho nitro benzene ring substituents is 1. The van der Waals surface area contributed by atoms with Crippen LogP contribution in [0.3, 0.4) is 0 Å². The van der Waals surface area contributed by atoms with E-state index in [-0.39, 0.29) is 41.0 Å². The maximum atomic E-state index is 13.8. The Bertz CT molecular complexity index is 1430. The molecule has 216 valence electrons. The van der Waals surface area contributed by atoms with Gasteiger partial charge in [0.25, 0.3) is 11.2 Å². The Kier molecular flexibility index (Phi) is 9.71. The lowest BCUT2D eigenvalue weighted by Gasteiger charge is -2.33. The molecule has 0 radical (unpaired) electrons. The van der Waals surface area contributed by atoms with E-state index in [0.29, 0.717) is 12.1 Å². The fraction of sp³-hybridized carbons (Fsp3) is 0.500. The second kappa shape index (κ2) is 12.5. The third-order valence-corrected chi connectivity index (χ3v) is 7.62. The highest BCUT2D eigenvalue weighted by atomic mass is 28.4. The normalized spacial score (nSPS) is 14.0. The third-order valence-electron chi connectivity index (χ3n) is 5.58. The van der Waals surface area contributed by atoms with Gasteiger partial charge in [-0.15, -0.1) is 0 Å². The monoisotopic (exact) mass is 585 g/mol. The van der Waals surface area contributed by atoms with Crippen LogP contribution in [-0.4, -0.2) is 72.5 Å². The molecule has 3 aromatic rings. The lowest BCUT2D eigenvalue weighted by atomic mass is 10.1. The summed E-state index contributed by atoms with van der Waals surface area (Å²) in [4.78, 5) is 44.3. The number of rotatable bonds is 12. The molecule has 0 aliphatic rings. The Labute approximate surface area is 236 Å². The standard InChI is InChI=1S/C26H39N7O5Si2/c1-18(37-39(4,5)6)23(38-40(7,8)9)21-16-27-24-22(29-21)25(34)32(26(30-24)28-17-31(2)3)15-14-19-10-12-20(13-11-19)33(35)36/h10-13,16-18,23H,14-15H2,1-9H3/b28-17+/t18-,23-/m0/s1. The number of hydrogen-bond donors (Lipinski definition) is 0. The summed E-state index contributed by atoms with van der Waals surface area (Å²) in [5.41, 5.74) is 1.30. The first-order valence-electron chi connectivity index (χ1n) is 13.1. The van der Waals surface area contributed by atoms with Crippen LogP contribution in [0.1, 0.15) is 24.3 Å². The van der Waals surface area contributed by atoms with Gasteiger partial charge in [-0.2, -0.15) is 4.98 Å². The average molecular weight is 586 g/mol. The van der Waals surface area contributed by atoms with Gasteiger partial charge in [0.2, 0.25) is 5.95 Å². The molecule has 0 saturated heterocycles. The molecule has 0 saturated carbocycles. The fourth-order valence-corrected chi connectivity index (χ4v) is 6.34. The summed E-state index contributed by atoms with van der Waals surface area (Å²) < 4.78 is 14.3. The third kappa shape index (κ3) is 8.58. The van der Waals surface area contributed by atoms with Crippen molar-refractivity contribution in [2.75, 3.05) is 14.1 Å². The number of fused-ring (bicyclic) bond motifs is 1. The second-order valence-electron chi connectivity index (χ2n) is 11.8. The summed E-state index contributed by atoms with van der Waals surface area (Å²) in [7, 11) is -0.279. The second-order valence-corrected chi connectivity index (χ2v) is 20.7. The van der Waals surface area contributed by atoms with E-state index in [0.717, 1.165) is 5.56 Å². The van der Waals surface area contributed by atoms with Gasteiger partial charge in [0.15, 0.2) is 27.8 Å². The largest absolute Gasteiger partial charge is 0.412 e. The highest BCUT2D eigenvalue weighted by Crippen LogP contribution is 2.28. The molecule has 40 heavy (non-hydrogen) atoms. The zero-order valence-electron chi connectivity index (χ0n) is 24.7. The number of nitrogens with zero attached hydrogens (tertiary/aromatic N) is 7. The van der Waals surface area contributed by atoms with Crippen LogP contribution in [-0.2, 0) is 21.8 Å². The van der Waals surface area contributed by atoms with Crippen LogP contribution < -0.4 is 5.56 Å². The molecule has 0 N–H and O–H groups in total. The predicted octanol–water partition coefficient (Wildman–Crippen LogP) is 4.69. The molecule has 0 amide bonds. The Morgan fingerprint density at radius 2 is 1.70 bits per heavy atom. The molecule has 0 bridgehead atoms. The minimum Gasteiger partial charge on any atom is -0.412 e. The average Bonchev–Trinajstić information content (AvgIpc) is 2.84. The molecule has 0 aliphatic heterocycles. The highest BCUT2D eigenvalue weighted by molar-refractivity contribution is 6.70. The number of aromatic nitrogens is 4. The molecule has 0 unspecified atom stereocenters. The Balaban J connectivity index is 2.08. The van der Waals surface area contributed by atoms with Gasteiger partial charge in [-0.1, -0.05) is 12.1 Å². The van der Waals surface area contributed by atoms with E-state index >= 15 is 0 Å². The molecule has 2 atom stereocenters. The molecule has 0 fully saturated rings. The number of nitro groups is 1. The van der Waals surface area contributed by atoms with Crippen LogP contribution in [0.15, 0.2) is 40.2 Å². The van der Waals surface area contributed by atoms with Gasteiger partial charge < -0.3 is 13.8 Å². The van der Waals surface area contributed by atoms with E-state index in [9.17, 15) is 14.9 Å². The minimum absolute atomic E-state index is 0.00907. The van der Waals surface area contributed by atoms with Crippen molar-refractivity contribution >= 4 is 45.8 Å². The highest BCUT2D eigenvalue weighted by Gasteiger charge is 2.32. The maximum absolute atomic E-state index is 13.8. The van der Waals surface area contributed by atoms with E-state index in [1.807, 2.05) is 21.0 Å². The van der Waals surface area contributed by atoms with Crippen molar-refractivity contribution in [2.24, 2.45) is 4.99 Å². The van der Waals surface area contributed by atoms with Gasteiger partial charge >= 0.3 is 0 Å². The lowest BCUT2D eigenvalue weighted by Crippen LogP contribution is -2.39. The number of hydrogen-bond acceptors (Lipinski definition) is 9. The minimum atomic E-state index is -2.02. The Morgan fingerprint density at radius 3 is 2.25 bits per heavy atom. The summed E-state index contributed by atoms with van der Waals surface area (Å²) >= 11 is 0. The molecule has 0 spiro atoms. The topological polar surface area (TPSA) is 138 Å². The summed E-state index contributed by atoms with van der Waals surface area (Å²) in [6.45, 7) is 14.8. The number of aryl methyl sites for hydroxylation is 1. The summed E-state index contributed by atoms with van der Waals surface area (Å²) in [5, 5.41) is 11.0. The van der Waals surface area contributed by atoms with Gasteiger partial charge in [0, 0.05) is 32.8 Å². The molecule has 2 aromatic heterocycles. The van der Waals surface area contributed by atoms with Crippen LogP contribution >= 0.6 is 0 Å². The van der Waals surface area contributed by atoms with E-state index in [1.54, 1.807) is 29.6 Å². The van der Waals surface area contributed by atoms with E-state index in [4.69, 9.17) is 13.8 Å². The molecular formula is C26H39N7O5Si2. The predicted molar refractivity (Wildman–Crippen MR) is 161 cm³/mol. The quantitative estimate of drug-likeness (QED) is 0.0974. The van der Waals surface area contributed by atoms with E-state index in [1.165, 1.54) is 16.7 Å². The molecule has 1 aromatic carbocycles. The first-order chi connectivity index (χ1) is 18.5. The van der Waals surface area contributed by atoms with Crippen molar-refractivity contribution < 1.29 is 13.8 Å². The van der Waals surface area contributed by atoms with Crippen LogP contribution in [0, 0.1) is 10.1 Å². The SMILES string of the molecule is C[C@H](O[Si](C)(C)C)[C@H](O[Si](C)(C)C)c1cnc2nc(/N=C/N(C)C)n(CCc3ccc([N+](=O)[O-])cc3)c(=O)c2n1. The first-order valence-corrected chi connectivity index (χ1v) is 19.9. The van der Waals surface area contributed by atoms with Crippen LogP contribution in [0.4, 0.5) is 11.6 Å². The van der Waals surface area contributed by atoms with Crippen LogP contribution in [0.2, 0.25) is 39.3 Å². The van der Waals surface area contributed by atoms with Crippen molar-refractivity contribution in [2.45, 2.75) is 71.4 Å². The molecule has 2 heterocycles. The van der Waals surface area contributed by atoms with Crippen molar-refractivity contribution in [1.82, 2.24) is 24.4 Å². The first kappa shape index (κ1) is 31.2. The van der Waals surface area contributed by atoms with E-state index < -0.39 is 27.7 Å². The Morgan fingerprint density at radius 1 is 1.07 bits per heavy atom. The number of nitro benzene ring substituents is 1. The Hall–Kier alpha value is -3.34. The molecule has 14 heteroatoms.